The first-order valence-corrected chi connectivity index (χ1v) is 18.3. The van der Waals surface area contributed by atoms with Crippen molar-refractivity contribution < 1.29 is 19.0 Å². The first-order chi connectivity index (χ1) is 25.3. The number of hydrogen-bond acceptors (Lipinski definition) is 8. The second kappa shape index (κ2) is 15.3. The number of aryl methyl sites for hydroxylation is 2. The molecule has 0 radical (unpaired) electrons. The summed E-state index contributed by atoms with van der Waals surface area (Å²) in [5.41, 5.74) is 7.48. The van der Waals surface area contributed by atoms with Crippen molar-refractivity contribution >= 4 is 22.9 Å². The fourth-order valence-corrected chi connectivity index (χ4v) is 8.06. The average molecular weight is 703 g/mol. The largest absolute Gasteiger partial charge is 0.493 e. The van der Waals surface area contributed by atoms with E-state index in [0.717, 1.165) is 68.8 Å². The summed E-state index contributed by atoms with van der Waals surface area (Å²) in [6, 6.07) is 23.1. The summed E-state index contributed by atoms with van der Waals surface area (Å²) < 4.78 is 16.7. The number of carbonyl (C=O) groups is 1. The molecule has 0 aliphatic carbocycles. The Bertz CT molecular complexity index is 1950. The van der Waals surface area contributed by atoms with E-state index in [2.05, 4.69) is 70.0 Å². The first kappa shape index (κ1) is 35.3. The number of pyridine rings is 1. The van der Waals surface area contributed by atoms with E-state index in [1.807, 2.05) is 35.5 Å². The highest BCUT2D eigenvalue weighted by atomic mass is 16.5. The molecule has 52 heavy (non-hydrogen) atoms. The molecule has 1 atom stereocenters. The lowest BCUT2D eigenvalue weighted by atomic mass is 9.75. The predicted octanol–water partition coefficient (Wildman–Crippen LogP) is 6.95. The van der Waals surface area contributed by atoms with Gasteiger partial charge in [0, 0.05) is 62.1 Å². The summed E-state index contributed by atoms with van der Waals surface area (Å²) in [6.07, 6.45) is 7.74. The number of fused-ring (bicyclic) bond motifs is 1. The Hall–Kier alpha value is -5.09. The van der Waals surface area contributed by atoms with Gasteiger partial charge in [0.2, 0.25) is 11.7 Å². The van der Waals surface area contributed by atoms with Crippen molar-refractivity contribution in [2.75, 3.05) is 59.0 Å². The van der Waals surface area contributed by atoms with Gasteiger partial charge in [-0.3, -0.25) is 9.78 Å². The van der Waals surface area contributed by atoms with Crippen molar-refractivity contribution in [2.45, 2.75) is 57.5 Å². The number of H-pyrrole nitrogens is 1. The Morgan fingerprint density at radius 1 is 0.923 bits per heavy atom. The number of nitrogens with zero attached hydrogens (tertiary/aromatic N) is 5. The molecule has 10 heteroatoms. The van der Waals surface area contributed by atoms with Gasteiger partial charge in [-0.2, -0.15) is 0 Å². The highest BCUT2D eigenvalue weighted by Crippen LogP contribution is 2.42. The Morgan fingerprint density at radius 3 is 2.37 bits per heavy atom. The number of aromatic amines is 1. The van der Waals surface area contributed by atoms with Crippen LogP contribution < -0.4 is 19.1 Å². The van der Waals surface area contributed by atoms with Crippen LogP contribution in [-0.2, 0) is 12.0 Å². The molecule has 2 aliphatic heterocycles. The third kappa shape index (κ3) is 7.17. The molecule has 0 spiro atoms. The quantitative estimate of drug-likeness (QED) is 0.149. The van der Waals surface area contributed by atoms with Crippen LogP contribution in [-0.4, -0.2) is 90.8 Å². The van der Waals surface area contributed by atoms with Crippen LogP contribution in [0.2, 0.25) is 0 Å². The van der Waals surface area contributed by atoms with Crippen LogP contribution >= 0.6 is 0 Å². The van der Waals surface area contributed by atoms with Crippen LogP contribution in [0.3, 0.4) is 0 Å². The molecular formula is C42H50N6O4. The zero-order valence-electron chi connectivity index (χ0n) is 31.0. The normalized spacial score (nSPS) is 18.1. The number of piperidine rings is 1. The topological polar surface area (TPSA) is 96.1 Å². The number of nitrogens with one attached hydrogen (secondary N) is 1. The smallest absolute Gasteiger partial charge is 0.254 e. The molecule has 272 valence electrons. The van der Waals surface area contributed by atoms with E-state index in [-0.39, 0.29) is 11.3 Å². The van der Waals surface area contributed by atoms with Crippen molar-refractivity contribution in [1.82, 2.24) is 24.8 Å². The van der Waals surface area contributed by atoms with Crippen molar-refractivity contribution in [3.8, 4) is 17.2 Å². The number of anilines is 1. The first-order valence-electron chi connectivity index (χ1n) is 18.3. The van der Waals surface area contributed by atoms with Crippen molar-refractivity contribution in [2.24, 2.45) is 0 Å². The van der Waals surface area contributed by atoms with E-state index in [4.69, 9.17) is 19.2 Å². The molecule has 1 unspecified atom stereocenters. The van der Waals surface area contributed by atoms with Crippen molar-refractivity contribution in [3.05, 3.63) is 107 Å². The molecule has 2 saturated heterocycles. The number of rotatable bonds is 12. The highest BCUT2D eigenvalue weighted by Gasteiger charge is 2.42. The Morgan fingerprint density at radius 2 is 1.69 bits per heavy atom. The van der Waals surface area contributed by atoms with Crippen LogP contribution in [0.5, 0.6) is 17.2 Å². The minimum atomic E-state index is -0.147. The number of hydrogen-bond donors (Lipinski definition) is 1. The highest BCUT2D eigenvalue weighted by molar-refractivity contribution is 5.96. The second-order valence-corrected chi connectivity index (χ2v) is 14.4. The van der Waals surface area contributed by atoms with Gasteiger partial charge in [-0.15, -0.1) is 0 Å². The summed E-state index contributed by atoms with van der Waals surface area (Å²) in [5, 5.41) is 0. The minimum absolute atomic E-state index is 0.0231. The number of amides is 1. The summed E-state index contributed by atoms with van der Waals surface area (Å²) in [4.78, 5) is 34.1. The Labute approximate surface area is 306 Å². The number of aromatic nitrogens is 3. The maximum atomic E-state index is 14.1. The van der Waals surface area contributed by atoms with E-state index >= 15 is 0 Å². The number of carbonyl (C=O) groups excluding carboxylic acids is 1. The van der Waals surface area contributed by atoms with E-state index in [1.165, 1.54) is 22.3 Å². The van der Waals surface area contributed by atoms with Gasteiger partial charge < -0.3 is 33.9 Å². The maximum absolute atomic E-state index is 14.1. The molecule has 10 nitrogen and oxygen atoms in total. The van der Waals surface area contributed by atoms with Crippen molar-refractivity contribution in [1.29, 1.82) is 0 Å². The minimum Gasteiger partial charge on any atom is -0.493 e. The third-order valence-corrected chi connectivity index (χ3v) is 11.3. The molecular weight excluding hydrogens is 653 g/mol. The molecule has 4 heterocycles. The van der Waals surface area contributed by atoms with Gasteiger partial charge in [0.15, 0.2) is 11.5 Å². The van der Waals surface area contributed by atoms with E-state index in [9.17, 15) is 4.79 Å². The molecule has 3 aromatic carbocycles. The number of benzene rings is 3. The van der Waals surface area contributed by atoms with E-state index in [0.29, 0.717) is 41.9 Å². The van der Waals surface area contributed by atoms with Gasteiger partial charge in [-0.05, 0) is 98.7 Å². The number of likely N-dealkylation sites (tertiary alicyclic amines) is 2. The van der Waals surface area contributed by atoms with E-state index in [1.54, 1.807) is 33.5 Å². The SMILES string of the molecule is COc1cc(C(=O)N2CCC(CCN3CCC(N(Cc4cccnc4)c4nc5ccccc5[nH]4)CC3)(c3ccc(C)c(C)c3)C2)cc(OC)c1OC. The lowest BCUT2D eigenvalue weighted by Crippen LogP contribution is -2.46. The van der Waals surface area contributed by atoms with Crippen LogP contribution in [0, 0.1) is 13.8 Å². The van der Waals surface area contributed by atoms with Crippen LogP contribution in [0.25, 0.3) is 11.0 Å². The van der Waals surface area contributed by atoms with Gasteiger partial charge in [-0.1, -0.05) is 36.4 Å². The number of para-hydroxylation sites is 2. The molecule has 2 aliphatic rings. The molecule has 2 fully saturated rings. The Kier molecular flexibility index (Phi) is 10.4. The van der Waals surface area contributed by atoms with Gasteiger partial charge in [0.1, 0.15) is 0 Å². The molecule has 0 bridgehead atoms. The number of methoxy groups -OCH3 is 3. The summed E-state index contributed by atoms with van der Waals surface area (Å²) in [5.74, 6) is 2.33. The lowest BCUT2D eigenvalue weighted by Gasteiger charge is -2.40. The predicted molar refractivity (Wildman–Crippen MR) is 205 cm³/mol. The van der Waals surface area contributed by atoms with Gasteiger partial charge in [0.05, 0.1) is 32.4 Å². The van der Waals surface area contributed by atoms with Gasteiger partial charge >= 0.3 is 0 Å². The standard InChI is InChI=1S/C42H50N6O4/c1-29-12-13-33(23-30(29)2)42(17-22-47(28-42)40(49)32-24-37(50-3)39(52-5)38(25-32)51-4)16-21-46-19-14-34(15-20-46)48(27-31-9-8-18-43-26-31)41-44-35-10-6-7-11-36(35)45-41/h6-13,18,23-26,34H,14-17,19-22,27-28H2,1-5H3,(H,44,45). The molecule has 7 rings (SSSR count). The molecule has 5 aromatic rings. The number of ether oxygens (including phenoxy) is 3. The summed E-state index contributed by atoms with van der Waals surface area (Å²) in [7, 11) is 4.72. The summed E-state index contributed by atoms with van der Waals surface area (Å²) in [6.45, 7) is 9.43. The monoisotopic (exact) mass is 702 g/mol. The van der Waals surface area contributed by atoms with Crippen LogP contribution in [0.15, 0.2) is 79.1 Å². The molecule has 1 amide bonds. The number of imidazole rings is 1. The van der Waals surface area contributed by atoms with Gasteiger partial charge in [0.25, 0.3) is 5.91 Å². The maximum Gasteiger partial charge on any atom is 0.254 e. The van der Waals surface area contributed by atoms with Crippen LogP contribution in [0.4, 0.5) is 5.95 Å². The molecule has 1 N–H and O–H groups in total. The Balaban J connectivity index is 1.07. The van der Waals surface area contributed by atoms with Crippen molar-refractivity contribution in [3.63, 3.8) is 0 Å². The van der Waals surface area contributed by atoms with Gasteiger partial charge in [-0.25, -0.2) is 4.98 Å². The lowest BCUT2D eigenvalue weighted by molar-refractivity contribution is 0.0779. The fourth-order valence-electron chi connectivity index (χ4n) is 8.06. The summed E-state index contributed by atoms with van der Waals surface area (Å²) >= 11 is 0. The fraction of sp³-hybridized carbons (Fsp3) is 0.405. The van der Waals surface area contributed by atoms with E-state index < -0.39 is 0 Å². The zero-order valence-corrected chi connectivity index (χ0v) is 31.0. The zero-order chi connectivity index (χ0) is 36.2. The second-order valence-electron chi connectivity index (χ2n) is 14.4. The third-order valence-electron chi connectivity index (χ3n) is 11.3. The molecule has 0 saturated carbocycles. The van der Waals surface area contributed by atoms with Crippen LogP contribution in [0.1, 0.15) is 58.3 Å². The molecule has 2 aromatic heterocycles. The average Bonchev–Trinajstić information content (AvgIpc) is 3.83.